The van der Waals surface area contributed by atoms with Crippen molar-refractivity contribution in [3.63, 3.8) is 0 Å². The summed E-state index contributed by atoms with van der Waals surface area (Å²) < 4.78 is 31.8. The van der Waals surface area contributed by atoms with Crippen LogP contribution in [-0.2, 0) is 23.1 Å². The van der Waals surface area contributed by atoms with Gasteiger partial charge in [0.1, 0.15) is 6.26 Å². The molecule has 0 aliphatic rings. The van der Waals surface area contributed by atoms with Gasteiger partial charge in [0.05, 0.1) is 23.7 Å². The SMILES string of the molecule is CCNC(=NCc1cccc(S(=O)(=O)NC)c1)NCc1coc(-c2ccccc2)n1.I. The number of hydrogen-bond donors (Lipinski definition) is 3. The van der Waals surface area contributed by atoms with Crippen molar-refractivity contribution in [2.45, 2.75) is 24.9 Å². The average molecular weight is 555 g/mol. The van der Waals surface area contributed by atoms with E-state index < -0.39 is 10.0 Å². The van der Waals surface area contributed by atoms with Gasteiger partial charge in [0.2, 0.25) is 15.9 Å². The largest absolute Gasteiger partial charge is 0.444 e. The maximum absolute atomic E-state index is 12.0. The first kappa shape index (κ1) is 24.8. The van der Waals surface area contributed by atoms with Crippen LogP contribution in [0.15, 0.2) is 75.2 Å². The number of nitrogens with zero attached hydrogens (tertiary/aromatic N) is 2. The molecule has 166 valence electrons. The molecule has 0 saturated carbocycles. The molecule has 0 amide bonds. The van der Waals surface area contributed by atoms with E-state index in [9.17, 15) is 8.42 Å². The van der Waals surface area contributed by atoms with Crippen LogP contribution in [0.1, 0.15) is 18.2 Å². The highest BCUT2D eigenvalue weighted by Crippen LogP contribution is 2.17. The topological polar surface area (TPSA) is 109 Å². The third-order valence-electron chi connectivity index (χ3n) is 4.25. The predicted octanol–water partition coefficient (Wildman–Crippen LogP) is 3.12. The van der Waals surface area contributed by atoms with Gasteiger partial charge in [0.25, 0.3) is 0 Å². The summed E-state index contributed by atoms with van der Waals surface area (Å²) in [6.45, 7) is 3.43. The summed E-state index contributed by atoms with van der Waals surface area (Å²) in [5.74, 6) is 1.17. The number of aromatic nitrogens is 1. The lowest BCUT2D eigenvalue weighted by atomic mass is 10.2. The molecule has 0 radical (unpaired) electrons. The Hall–Kier alpha value is -2.44. The number of oxazole rings is 1. The number of rotatable bonds is 8. The third kappa shape index (κ3) is 7.04. The van der Waals surface area contributed by atoms with Gasteiger partial charge in [-0.05, 0) is 43.8 Å². The molecular formula is C21H26IN5O3S. The van der Waals surface area contributed by atoms with Crippen molar-refractivity contribution in [3.05, 3.63) is 72.1 Å². The lowest BCUT2D eigenvalue weighted by Crippen LogP contribution is -2.36. The molecule has 8 nitrogen and oxygen atoms in total. The highest BCUT2D eigenvalue weighted by Gasteiger charge is 2.11. The molecule has 0 unspecified atom stereocenters. The van der Waals surface area contributed by atoms with E-state index in [1.54, 1.807) is 24.5 Å². The fourth-order valence-corrected chi connectivity index (χ4v) is 3.52. The summed E-state index contributed by atoms with van der Waals surface area (Å²) >= 11 is 0. The maximum atomic E-state index is 12.0. The van der Waals surface area contributed by atoms with Crippen molar-refractivity contribution in [1.82, 2.24) is 20.3 Å². The van der Waals surface area contributed by atoms with Crippen molar-refractivity contribution < 1.29 is 12.8 Å². The Balaban J connectivity index is 0.00000341. The quantitative estimate of drug-likeness (QED) is 0.224. The fraction of sp³-hybridized carbons (Fsp3) is 0.238. The fourth-order valence-electron chi connectivity index (χ4n) is 2.72. The van der Waals surface area contributed by atoms with Gasteiger partial charge < -0.3 is 15.1 Å². The molecular weight excluding hydrogens is 529 g/mol. The molecule has 10 heteroatoms. The standard InChI is InChI=1S/C21H25N5O3S.HI/c1-3-23-21(24-13-16-8-7-11-19(12-16)30(27,28)22-2)25-14-18-15-29-20(26-18)17-9-5-4-6-10-17;/h4-12,15,22H,3,13-14H2,1-2H3,(H2,23,24,25);1H. The van der Waals surface area contributed by atoms with Crippen LogP contribution in [-0.4, -0.2) is 33.0 Å². The van der Waals surface area contributed by atoms with Gasteiger partial charge in [-0.25, -0.2) is 23.1 Å². The minimum Gasteiger partial charge on any atom is -0.444 e. The molecule has 0 aliphatic heterocycles. The Morgan fingerprint density at radius 3 is 2.58 bits per heavy atom. The van der Waals surface area contributed by atoms with E-state index in [0.29, 0.717) is 31.5 Å². The minimum absolute atomic E-state index is 0. The molecule has 0 bridgehead atoms. The van der Waals surface area contributed by atoms with E-state index in [1.807, 2.05) is 43.3 Å². The Bertz CT molecular complexity index is 1100. The van der Waals surface area contributed by atoms with Crippen molar-refractivity contribution in [2.24, 2.45) is 4.99 Å². The second-order valence-electron chi connectivity index (χ2n) is 6.41. The van der Waals surface area contributed by atoms with Crippen molar-refractivity contribution in [3.8, 4) is 11.5 Å². The zero-order valence-corrected chi connectivity index (χ0v) is 20.5. The highest BCUT2D eigenvalue weighted by atomic mass is 127. The van der Waals surface area contributed by atoms with E-state index in [2.05, 4.69) is 25.3 Å². The molecule has 1 heterocycles. The first-order valence-electron chi connectivity index (χ1n) is 9.56. The van der Waals surface area contributed by atoms with Crippen LogP contribution in [0.4, 0.5) is 0 Å². The van der Waals surface area contributed by atoms with Crippen molar-refractivity contribution in [2.75, 3.05) is 13.6 Å². The predicted molar refractivity (Wildman–Crippen MR) is 132 cm³/mol. The third-order valence-corrected chi connectivity index (χ3v) is 5.66. The molecule has 1 aromatic heterocycles. The molecule has 0 saturated heterocycles. The summed E-state index contributed by atoms with van der Waals surface area (Å²) in [7, 11) is -2.10. The lowest BCUT2D eigenvalue weighted by Gasteiger charge is -2.10. The second kappa shape index (κ2) is 11.8. The van der Waals surface area contributed by atoms with E-state index in [-0.39, 0.29) is 28.9 Å². The minimum atomic E-state index is -3.48. The number of benzene rings is 2. The number of hydrogen-bond acceptors (Lipinski definition) is 5. The molecule has 0 atom stereocenters. The van der Waals surface area contributed by atoms with E-state index >= 15 is 0 Å². The van der Waals surface area contributed by atoms with Gasteiger partial charge in [-0.2, -0.15) is 0 Å². The van der Waals surface area contributed by atoms with Gasteiger partial charge in [-0.1, -0.05) is 30.3 Å². The van der Waals surface area contributed by atoms with E-state index in [1.165, 1.54) is 7.05 Å². The second-order valence-corrected chi connectivity index (χ2v) is 8.30. The van der Waals surface area contributed by atoms with Crippen LogP contribution in [0.25, 0.3) is 11.5 Å². The van der Waals surface area contributed by atoms with Gasteiger partial charge in [0.15, 0.2) is 5.96 Å². The zero-order valence-electron chi connectivity index (χ0n) is 17.3. The Morgan fingerprint density at radius 1 is 1.10 bits per heavy atom. The highest BCUT2D eigenvalue weighted by molar-refractivity contribution is 14.0. The van der Waals surface area contributed by atoms with Crippen molar-refractivity contribution in [1.29, 1.82) is 0 Å². The number of guanidine groups is 1. The number of sulfonamides is 1. The number of halogens is 1. The average Bonchev–Trinajstić information content (AvgIpc) is 3.25. The maximum Gasteiger partial charge on any atom is 0.240 e. The normalized spacial score (nSPS) is 11.6. The molecule has 0 spiro atoms. The van der Waals surface area contributed by atoms with Gasteiger partial charge in [-0.3, -0.25) is 0 Å². The molecule has 3 N–H and O–H groups in total. The summed E-state index contributed by atoms with van der Waals surface area (Å²) in [5.41, 5.74) is 2.46. The van der Waals surface area contributed by atoms with Gasteiger partial charge in [0, 0.05) is 12.1 Å². The molecule has 2 aromatic carbocycles. The van der Waals surface area contributed by atoms with Crippen LogP contribution >= 0.6 is 24.0 Å². The van der Waals surface area contributed by atoms with E-state index in [4.69, 9.17) is 4.42 Å². The van der Waals surface area contributed by atoms with Crippen LogP contribution in [0.2, 0.25) is 0 Å². The summed E-state index contributed by atoms with van der Waals surface area (Å²) in [6.07, 6.45) is 1.62. The Labute approximate surface area is 199 Å². The molecule has 3 rings (SSSR count). The van der Waals surface area contributed by atoms with Crippen LogP contribution in [0.3, 0.4) is 0 Å². The Kier molecular flexibility index (Phi) is 9.46. The number of nitrogens with one attached hydrogen (secondary N) is 3. The smallest absolute Gasteiger partial charge is 0.240 e. The van der Waals surface area contributed by atoms with Crippen LogP contribution < -0.4 is 15.4 Å². The lowest BCUT2D eigenvalue weighted by molar-refractivity contribution is 0.572. The molecule has 0 aliphatic carbocycles. The molecule has 31 heavy (non-hydrogen) atoms. The summed E-state index contributed by atoms with van der Waals surface area (Å²) in [4.78, 5) is 9.24. The first-order valence-corrected chi connectivity index (χ1v) is 11.0. The van der Waals surface area contributed by atoms with Gasteiger partial charge in [-0.15, -0.1) is 24.0 Å². The Morgan fingerprint density at radius 2 is 1.87 bits per heavy atom. The molecule has 0 fully saturated rings. The van der Waals surface area contributed by atoms with Crippen molar-refractivity contribution >= 4 is 40.0 Å². The summed E-state index contributed by atoms with van der Waals surface area (Å²) in [6, 6.07) is 16.4. The first-order chi connectivity index (χ1) is 14.5. The van der Waals surface area contributed by atoms with E-state index in [0.717, 1.165) is 16.8 Å². The summed E-state index contributed by atoms with van der Waals surface area (Å²) in [5, 5.41) is 6.38. The molecule has 3 aromatic rings. The van der Waals surface area contributed by atoms with Crippen LogP contribution in [0, 0.1) is 0 Å². The number of aliphatic imine (C=N–C) groups is 1. The monoisotopic (exact) mass is 555 g/mol. The zero-order chi connectivity index (χ0) is 21.4. The van der Waals surface area contributed by atoms with Crippen LogP contribution in [0.5, 0.6) is 0 Å². The van der Waals surface area contributed by atoms with Gasteiger partial charge >= 0.3 is 0 Å².